The van der Waals surface area contributed by atoms with Crippen molar-refractivity contribution in [2.75, 3.05) is 26.3 Å². The lowest BCUT2D eigenvalue weighted by Gasteiger charge is -2.26. The molecule has 0 radical (unpaired) electrons. The summed E-state index contributed by atoms with van der Waals surface area (Å²) in [7, 11) is 0. The van der Waals surface area contributed by atoms with Gasteiger partial charge in [-0.15, -0.1) is 0 Å². The van der Waals surface area contributed by atoms with E-state index in [9.17, 15) is 0 Å². The van der Waals surface area contributed by atoms with E-state index in [0.29, 0.717) is 24.7 Å². The first kappa shape index (κ1) is 14.6. The van der Waals surface area contributed by atoms with Gasteiger partial charge in [-0.1, -0.05) is 5.16 Å². The van der Waals surface area contributed by atoms with Crippen LogP contribution in [0.3, 0.4) is 0 Å². The summed E-state index contributed by atoms with van der Waals surface area (Å²) in [5, 5.41) is 4.12. The van der Waals surface area contributed by atoms with E-state index in [4.69, 9.17) is 14.0 Å². The molecule has 0 spiro atoms. The highest BCUT2D eigenvalue weighted by Gasteiger charge is 2.30. The van der Waals surface area contributed by atoms with Gasteiger partial charge in [-0.05, 0) is 38.5 Å². The smallest absolute Gasteiger partial charge is 0.240 e. The molecule has 6 nitrogen and oxygen atoms in total. The standard InChI is InChI=1S/C16H25N3O3/c1-3-13(20-7-1)9-19(10-14-4-2-8-21-14)11-15-17-16(18-22-15)12-5-6-12/h12-14H,1-11H2/t13-,14-/m0/s1. The van der Waals surface area contributed by atoms with Gasteiger partial charge in [-0.2, -0.15) is 4.98 Å². The van der Waals surface area contributed by atoms with Crippen LogP contribution in [0.15, 0.2) is 4.52 Å². The monoisotopic (exact) mass is 307 g/mol. The quantitative estimate of drug-likeness (QED) is 0.769. The van der Waals surface area contributed by atoms with Crippen LogP contribution in [0.5, 0.6) is 0 Å². The highest BCUT2D eigenvalue weighted by Crippen LogP contribution is 2.38. The number of nitrogens with zero attached hydrogens (tertiary/aromatic N) is 3. The molecule has 1 aromatic rings. The fraction of sp³-hybridized carbons (Fsp3) is 0.875. The van der Waals surface area contributed by atoms with Gasteiger partial charge in [-0.3, -0.25) is 4.90 Å². The van der Waals surface area contributed by atoms with E-state index < -0.39 is 0 Å². The first-order valence-electron chi connectivity index (χ1n) is 8.65. The summed E-state index contributed by atoms with van der Waals surface area (Å²) in [5.41, 5.74) is 0. The predicted molar refractivity (Wildman–Crippen MR) is 79.5 cm³/mol. The normalized spacial score (nSPS) is 28.8. The Labute approximate surface area is 131 Å². The number of hydrogen-bond donors (Lipinski definition) is 0. The maximum atomic E-state index is 5.79. The van der Waals surface area contributed by atoms with Crippen LogP contribution in [0.1, 0.15) is 56.2 Å². The van der Waals surface area contributed by atoms with Gasteiger partial charge in [-0.25, -0.2) is 0 Å². The molecule has 2 aliphatic heterocycles. The largest absolute Gasteiger partial charge is 0.377 e. The molecule has 4 rings (SSSR count). The van der Waals surface area contributed by atoms with Gasteiger partial charge in [0.25, 0.3) is 0 Å². The zero-order chi connectivity index (χ0) is 14.8. The van der Waals surface area contributed by atoms with Crippen LogP contribution in [0.2, 0.25) is 0 Å². The van der Waals surface area contributed by atoms with Crippen molar-refractivity contribution in [1.29, 1.82) is 0 Å². The van der Waals surface area contributed by atoms with Crippen LogP contribution in [0, 0.1) is 0 Å². The lowest BCUT2D eigenvalue weighted by molar-refractivity contribution is 0.0309. The molecule has 3 aliphatic rings. The second-order valence-corrected chi connectivity index (χ2v) is 6.78. The van der Waals surface area contributed by atoms with E-state index in [2.05, 4.69) is 15.0 Å². The molecule has 2 atom stereocenters. The Hall–Kier alpha value is -0.980. The number of hydrogen-bond acceptors (Lipinski definition) is 6. The zero-order valence-electron chi connectivity index (χ0n) is 13.1. The van der Waals surface area contributed by atoms with Gasteiger partial charge in [0, 0.05) is 32.2 Å². The third kappa shape index (κ3) is 3.67. The molecule has 0 bridgehead atoms. The minimum Gasteiger partial charge on any atom is -0.377 e. The number of rotatable bonds is 7. The summed E-state index contributed by atoms with van der Waals surface area (Å²) in [5.74, 6) is 2.17. The van der Waals surface area contributed by atoms with Crippen LogP contribution in [-0.4, -0.2) is 53.6 Å². The first-order chi connectivity index (χ1) is 10.9. The van der Waals surface area contributed by atoms with E-state index in [1.807, 2.05) is 0 Å². The Morgan fingerprint density at radius 3 is 2.18 bits per heavy atom. The summed E-state index contributed by atoms with van der Waals surface area (Å²) < 4.78 is 17.0. The second-order valence-electron chi connectivity index (χ2n) is 6.78. The van der Waals surface area contributed by atoms with Crippen LogP contribution in [0.25, 0.3) is 0 Å². The number of ether oxygens (including phenoxy) is 2. The zero-order valence-corrected chi connectivity index (χ0v) is 13.1. The topological polar surface area (TPSA) is 60.6 Å². The van der Waals surface area contributed by atoms with Gasteiger partial charge in [0.15, 0.2) is 5.82 Å². The molecule has 1 saturated carbocycles. The van der Waals surface area contributed by atoms with E-state index in [1.165, 1.54) is 25.7 Å². The van der Waals surface area contributed by atoms with Crippen LogP contribution in [-0.2, 0) is 16.0 Å². The van der Waals surface area contributed by atoms with Crippen molar-refractivity contribution >= 4 is 0 Å². The van der Waals surface area contributed by atoms with Gasteiger partial charge < -0.3 is 14.0 Å². The Morgan fingerprint density at radius 1 is 0.955 bits per heavy atom. The molecule has 1 aromatic heterocycles. The molecule has 0 aromatic carbocycles. The minimum atomic E-state index is 0.340. The Kier molecular flexibility index (Phi) is 4.41. The predicted octanol–water partition coefficient (Wildman–Crippen LogP) is 2.11. The first-order valence-corrected chi connectivity index (χ1v) is 8.65. The average Bonchev–Trinajstić information content (AvgIpc) is 2.96. The lowest BCUT2D eigenvalue weighted by atomic mass is 10.2. The molecule has 122 valence electrons. The number of aromatic nitrogens is 2. The third-order valence-electron chi connectivity index (χ3n) is 4.76. The second kappa shape index (κ2) is 6.64. The summed E-state index contributed by atoms with van der Waals surface area (Å²) in [4.78, 5) is 6.93. The molecule has 22 heavy (non-hydrogen) atoms. The molecule has 0 N–H and O–H groups in total. The molecule has 3 heterocycles. The van der Waals surface area contributed by atoms with Crippen molar-refractivity contribution < 1.29 is 14.0 Å². The van der Waals surface area contributed by atoms with Gasteiger partial charge in [0.2, 0.25) is 5.89 Å². The van der Waals surface area contributed by atoms with Crippen LogP contribution >= 0.6 is 0 Å². The Morgan fingerprint density at radius 2 is 1.64 bits per heavy atom. The van der Waals surface area contributed by atoms with E-state index in [1.54, 1.807) is 0 Å². The van der Waals surface area contributed by atoms with Crippen LogP contribution in [0.4, 0.5) is 0 Å². The fourth-order valence-electron chi connectivity index (χ4n) is 3.39. The third-order valence-corrected chi connectivity index (χ3v) is 4.76. The lowest BCUT2D eigenvalue weighted by Crippen LogP contribution is -2.37. The van der Waals surface area contributed by atoms with Gasteiger partial charge in [0.05, 0.1) is 18.8 Å². The van der Waals surface area contributed by atoms with Gasteiger partial charge in [0.1, 0.15) is 0 Å². The van der Waals surface area contributed by atoms with Crippen LogP contribution < -0.4 is 0 Å². The average molecular weight is 307 g/mol. The molecule has 0 unspecified atom stereocenters. The summed E-state index contributed by atoms with van der Waals surface area (Å²) in [6.07, 6.45) is 7.73. The summed E-state index contributed by atoms with van der Waals surface area (Å²) in [6.45, 7) is 4.36. The van der Waals surface area contributed by atoms with Crippen molar-refractivity contribution in [3.63, 3.8) is 0 Å². The van der Waals surface area contributed by atoms with E-state index >= 15 is 0 Å². The Balaban J connectivity index is 1.37. The fourth-order valence-corrected chi connectivity index (χ4v) is 3.39. The van der Waals surface area contributed by atoms with Gasteiger partial charge >= 0.3 is 0 Å². The van der Waals surface area contributed by atoms with Crippen molar-refractivity contribution in [3.8, 4) is 0 Å². The molecular weight excluding hydrogens is 282 g/mol. The maximum Gasteiger partial charge on any atom is 0.240 e. The SMILES string of the molecule is C1CO[C@H](CN(Cc2nc(C3CC3)no2)C[C@@H]2CCCO2)C1. The molecule has 0 amide bonds. The summed E-state index contributed by atoms with van der Waals surface area (Å²) >= 11 is 0. The molecule has 1 aliphatic carbocycles. The van der Waals surface area contributed by atoms with Crippen molar-refractivity contribution in [1.82, 2.24) is 15.0 Å². The van der Waals surface area contributed by atoms with E-state index in [-0.39, 0.29) is 0 Å². The highest BCUT2D eigenvalue weighted by atomic mass is 16.5. The van der Waals surface area contributed by atoms with Crippen molar-refractivity contribution in [3.05, 3.63) is 11.7 Å². The molecule has 2 saturated heterocycles. The Bertz CT molecular complexity index is 459. The molecular formula is C16H25N3O3. The van der Waals surface area contributed by atoms with Crippen molar-refractivity contribution in [2.45, 2.75) is 63.2 Å². The van der Waals surface area contributed by atoms with E-state index in [0.717, 1.165) is 50.9 Å². The van der Waals surface area contributed by atoms with Crippen molar-refractivity contribution in [2.24, 2.45) is 0 Å². The minimum absolute atomic E-state index is 0.340. The molecule has 3 fully saturated rings. The summed E-state index contributed by atoms with van der Waals surface area (Å²) in [6, 6.07) is 0. The maximum absolute atomic E-state index is 5.79. The highest BCUT2D eigenvalue weighted by molar-refractivity contribution is 5.03. The molecule has 6 heteroatoms.